The van der Waals surface area contributed by atoms with E-state index in [1.165, 1.54) is 11.1 Å². The average Bonchev–Trinajstić information content (AvgIpc) is 3.23. The zero-order valence-corrected chi connectivity index (χ0v) is 11.6. The summed E-state index contributed by atoms with van der Waals surface area (Å²) in [5.74, 6) is 0.119. The van der Waals surface area contributed by atoms with Crippen molar-refractivity contribution in [3.05, 3.63) is 58.7 Å². The second-order valence-corrected chi connectivity index (χ2v) is 5.78. The number of carbonyl (C=O) groups excluding carboxylic acids is 1. The first-order valence-electron chi connectivity index (χ1n) is 7.12. The molecule has 0 N–H and O–H groups in total. The number of hydrogen-bond donors (Lipinski definition) is 0. The summed E-state index contributed by atoms with van der Waals surface area (Å²) in [5.41, 5.74) is 4.03. The summed E-state index contributed by atoms with van der Waals surface area (Å²) in [7, 11) is 0. The monoisotopic (exact) mass is 267 g/mol. The van der Waals surface area contributed by atoms with E-state index in [1.54, 1.807) is 0 Å². The molecule has 1 aromatic rings. The van der Waals surface area contributed by atoms with E-state index in [0.29, 0.717) is 13.2 Å². The lowest BCUT2D eigenvalue weighted by molar-refractivity contribution is -0.130. The van der Waals surface area contributed by atoms with Gasteiger partial charge in [-0.05, 0) is 30.9 Å². The van der Waals surface area contributed by atoms with E-state index in [-0.39, 0.29) is 5.91 Å². The van der Waals surface area contributed by atoms with E-state index in [0.717, 1.165) is 24.0 Å². The number of amides is 1. The molecule has 1 fully saturated rings. The van der Waals surface area contributed by atoms with Gasteiger partial charge in [0.15, 0.2) is 5.72 Å². The van der Waals surface area contributed by atoms with Gasteiger partial charge in [-0.25, -0.2) is 0 Å². The van der Waals surface area contributed by atoms with Gasteiger partial charge in [0, 0.05) is 12.1 Å². The van der Waals surface area contributed by atoms with Gasteiger partial charge in [0.05, 0.1) is 0 Å². The Morgan fingerprint density at radius 3 is 2.75 bits per heavy atom. The van der Waals surface area contributed by atoms with E-state index < -0.39 is 5.72 Å². The smallest absolute Gasteiger partial charge is 0.256 e. The second-order valence-electron chi connectivity index (χ2n) is 5.78. The molecular weight excluding hydrogens is 250 g/mol. The number of nitrogens with zero attached hydrogens (tertiary/aromatic N) is 1. The van der Waals surface area contributed by atoms with Crippen molar-refractivity contribution in [1.82, 2.24) is 4.90 Å². The maximum absolute atomic E-state index is 12.6. The molecule has 0 bridgehead atoms. The molecule has 2 heterocycles. The van der Waals surface area contributed by atoms with Crippen LogP contribution in [0.15, 0.2) is 47.6 Å². The van der Waals surface area contributed by atoms with Crippen molar-refractivity contribution in [3.8, 4) is 0 Å². The maximum Gasteiger partial charge on any atom is 0.256 e. The molecule has 1 atom stereocenters. The standard InChI is InChI=1S/C17H17NO2/c1-12-6-8-13(9-7-12)10-18-16(19)14-4-2-3-5-15(14)17(18)11-20-17/h2,4,6-9H,3,5,10-11H2,1H3. The van der Waals surface area contributed by atoms with E-state index >= 15 is 0 Å². The lowest BCUT2D eigenvalue weighted by Gasteiger charge is -2.24. The summed E-state index contributed by atoms with van der Waals surface area (Å²) in [4.78, 5) is 14.5. The van der Waals surface area contributed by atoms with Crippen molar-refractivity contribution in [1.29, 1.82) is 0 Å². The second kappa shape index (κ2) is 4.06. The zero-order valence-electron chi connectivity index (χ0n) is 11.6. The van der Waals surface area contributed by atoms with Gasteiger partial charge in [-0.15, -0.1) is 0 Å². The van der Waals surface area contributed by atoms with E-state index in [9.17, 15) is 4.79 Å². The number of benzene rings is 1. The molecule has 1 saturated heterocycles. The Hall–Kier alpha value is -1.87. The third-order valence-corrected chi connectivity index (χ3v) is 4.43. The van der Waals surface area contributed by atoms with Crippen LogP contribution in [0.3, 0.4) is 0 Å². The number of aryl methyl sites for hydroxylation is 1. The summed E-state index contributed by atoms with van der Waals surface area (Å²) < 4.78 is 5.72. The molecule has 20 heavy (non-hydrogen) atoms. The molecule has 0 radical (unpaired) electrons. The van der Waals surface area contributed by atoms with Crippen LogP contribution in [-0.4, -0.2) is 23.1 Å². The summed E-state index contributed by atoms with van der Waals surface area (Å²) in [6, 6.07) is 8.35. The van der Waals surface area contributed by atoms with Crippen LogP contribution in [0.1, 0.15) is 24.0 Å². The molecule has 4 rings (SSSR count). The summed E-state index contributed by atoms with van der Waals surface area (Å²) in [5, 5.41) is 0. The number of epoxide rings is 1. The molecule has 3 heteroatoms. The molecule has 2 aliphatic heterocycles. The normalized spacial score (nSPS) is 27.4. The van der Waals surface area contributed by atoms with E-state index in [4.69, 9.17) is 4.74 Å². The van der Waals surface area contributed by atoms with Crippen molar-refractivity contribution < 1.29 is 9.53 Å². The molecule has 1 amide bonds. The van der Waals surface area contributed by atoms with Crippen LogP contribution in [0.25, 0.3) is 0 Å². The minimum Gasteiger partial charge on any atom is -0.344 e. The molecule has 1 aromatic carbocycles. The highest BCUT2D eigenvalue weighted by Gasteiger charge is 2.60. The predicted molar refractivity (Wildman–Crippen MR) is 75.8 cm³/mol. The average molecular weight is 267 g/mol. The van der Waals surface area contributed by atoms with Crippen molar-refractivity contribution in [2.45, 2.75) is 32.0 Å². The van der Waals surface area contributed by atoms with Gasteiger partial charge in [-0.3, -0.25) is 4.79 Å². The van der Waals surface area contributed by atoms with Crippen molar-refractivity contribution in [2.24, 2.45) is 0 Å². The van der Waals surface area contributed by atoms with Gasteiger partial charge in [0.1, 0.15) is 6.61 Å². The zero-order chi connectivity index (χ0) is 13.7. The molecule has 1 spiro atoms. The minimum absolute atomic E-state index is 0.119. The molecule has 102 valence electrons. The third kappa shape index (κ3) is 1.59. The Labute approximate surface area is 118 Å². The van der Waals surface area contributed by atoms with Gasteiger partial charge in [-0.1, -0.05) is 42.0 Å². The van der Waals surface area contributed by atoms with E-state index in [2.05, 4.69) is 37.3 Å². The SMILES string of the molecule is Cc1ccc(CN2C(=O)C3=C(CCC=C3)C23CO3)cc1. The van der Waals surface area contributed by atoms with Crippen LogP contribution in [0, 0.1) is 6.92 Å². The Bertz CT molecular complexity index is 635. The highest BCUT2D eigenvalue weighted by Crippen LogP contribution is 2.50. The molecule has 3 nitrogen and oxygen atoms in total. The van der Waals surface area contributed by atoms with Crippen LogP contribution in [-0.2, 0) is 16.1 Å². The largest absolute Gasteiger partial charge is 0.344 e. The molecule has 0 aromatic heterocycles. The van der Waals surface area contributed by atoms with Gasteiger partial charge < -0.3 is 9.64 Å². The van der Waals surface area contributed by atoms with Crippen molar-refractivity contribution in [3.63, 3.8) is 0 Å². The minimum atomic E-state index is -0.415. The number of hydrogen-bond acceptors (Lipinski definition) is 2. The quantitative estimate of drug-likeness (QED) is 0.772. The van der Waals surface area contributed by atoms with Crippen LogP contribution >= 0.6 is 0 Å². The van der Waals surface area contributed by atoms with Crippen LogP contribution in [0.2, 0.25) is 0 Å². The van der Waals surface area contributed by atoms with Crippen molar-refractivity contribution in [2.75, 3.05) is 6.61 Å². The van der Waals surface area contributed by atoms with Crippen LogP contribution in [0.4, 0.5) is 0 Å². The van der Waals surface area contributed by atoms with Crippen LogP contribution < -0.4 is 0 Å². The maximum atomic E-state index is 12.6. The molecule has 1 unspecified atom stereocenters. The fourth-order valence-corrected chi connectivity index (χ4v) is 3.22. The van der Waals surface area contributed by atoms with Gasteiger partial charge >= 0.3 is 0 Å². The predicted octanol–water partition coefficient (Wildman–Crippen LogP) is 2.71. The number of allylic oxidation sites excluding steroid dienone is 1. The Balaban J connectivity index is 1.65. The Morgan fingerprint density at radius 1 is 1.30 bits per heavy atom. The summed E-state index contributed by atoms with van der Waals surface area (Å²) in [6.45, 7) is 3.35. The van der Waals surface area contributed by atoms with Crippen LogP contribution in [0.5, 0.6) is 0 Å². The van der Waals surface area contributed by atoms with E-state index in [1.807, 2.05) is 11.0 Å². The third-order valence-electron chi connectivity index (χ3n) is 4.43. The Morgan fingerprint density at radius 2 is 2.05 bits per heavy atom. The molecule has 0 saturated carbocycles. The van der Waals surface area contributed by atoms with Gasteiger partial charge in [0.25, 0.3) is 5.91 Å². The fraction of sp³-hybridized carbons (Fsp3) is 0.353. The topological polar surface area (TPSA) is 32.8 Å². The summed E-state index contributed by atoms with van der Waals surface area (Å²) in [6.07, 6.45) is 6.01. The molecular formula is C17H17NO2. The first-order valence-corrected chi connectivity index (χ1v) is 7.12. The number of ether oxygens (including phenoxy) is 1. The van der Waals surface area contributed by atoms with Crippen molar-refractivity contribution >= 4 is 5.91 Å². The first kappa shape index (κ1) is 11.9. The fourth-order valence-electron chi connectivity index (χ4n) is 3.22. The Kier molecular flexibility index (Phi) is 2.42. The lowest BCUT2D eigenvalue weighted by Crippen LogP contribution is -2.38. The van der Waals surface area contributed by atoms with Gasteiger partial charge in [0.2, 0.25) is 0 Å². The number of fused-ring (bicyclic) bond motifs is 1. The highest BCUT2D eigenvalue weighted by atomic mass is 16.6. The highest BCUT2D eigenvalue weighted by molar-refractivity contribution is 6.01. The van der Waals surface area contributed by atoms with Gasteiger partial charge in [-0.2, -0.15) is 0 Å². The molecule has 3 aliphatic rings. The lowest BCUT2D eigenvalue weighted by atomic mass is 9.95. The summed E-state index contributed by atoms with van der Waals surface area (Å²) >= 11 is 0. The number of rotatable bonds is 2. The molecule has 1 aliphatic carbocycles. The number of carbonyl (C=O) groups is 1. The first-order chi connectivity index (χ1) is 9.71.